The molecule has 1 aromatic carbocycles. The Morgan fingerprint density at radius 3 is 2.62 bits per heavy atom. The second kappa shape index (κ2) is 4.22. The SMILES string of the molecule is COC(=O)c1cc(Cl)cc(S)c1Cl. The van der Waals surface area contributed by atoms with Crippen molar-refractivity contribution in [2.75, 3.05) is 7.11 Å². The van der Waals surface area contributed by atoms with E-state index >= 15 is 0 Å². The van der Waals surface area contributed by atoms with Crippen LogP contribution in [-0.2, 0) is 4.74 Å². The average Bonchev–Trinajstić information content (AvgIpc) is 2.10. The number of carbonyl (C=O) groups is 1. The topological polar surface area (TPSA) is 26.3 Å². The second-order valence-corrected chi connectivity index (χ2v) is 3.57. The van der Waals surface area contributed by atoms with Crippen molar-refractivity contribution in [2.24, 2.45) is 0 Å². The van der Waals surface area contributed by atoms with Gasteiger partial charge in [-0.1, -0.05) is 23.2 Å². The van der Waals surface area contributed by atoms with Crippen molar-refractivity contribution in [1.82, 2.24) is 0 Å². The fourth-order valence-electron chi connectivity index (χ4n) is 0.833. The minimum atomic E-state index is -0.525. The molecule has 0 aliphatic carbocycles. The van der Waals surface area contributed by atoms with E-state index in [1.165, 1.54) is 13.2 Å². The summed E-state index contributed by atoms with van der Waals surface area (Å²) in [5.74, 6) is -0.525. The van der Waals surface area contributed by atoms with Crippen LogP contribution in [0.25, 0.3) is 0 Å². The minimum Gasteiger partial charge on any atom is -0.465 e. The number of benzene rings is 1. The number of hydrogen-bond donors (Lipinski definition) is 1. The lowest BCUT2D eigenvalue weighted by molar-refractivity contribution is 0.0600. The van der Waals surface area contributed by atoms with Gasteiger partial charge in [-0.3, -0.25) is 0 Å². The highest BCUT2D eigenvalue weighted by Crippen LogP contribution is 2.28. The van der Waals surface area contributed by atoms with Crippen LogP contribution in [0, 0.1) is 0 Å². The largest absolute Gasteiger partial charge is 0.465 e. The molecule has 0 bridgehead atoms. The maximum atomic E-state index is 11.1. The van der Waals surface area contributed by atoms with Gasteiger partial charge < -0.3 is 4.74 Å². The highest BCUT2D eigenvalue weighted by molar-refractivity contribution is 7.80. The fourth-order valence-corrected chi connectivity index (χ4v) is 1.57. The van der Waals surface area contributed by atoms with Crippen LogP contribution in [0.15, 0.2) is 17.0 Å². The first-order valence-corrected chi connectivity index (χ1v) is 4.53. The predicted molar refractivity (Wildman–Crippen MR) is 55.1 cm³/mol. The van der Waals surface area contributed by atoms with Crippen molar-refractivity contribution in [3.8, 4) is 0 Å². The zero-order valence-corrected chi connectivity index (χ0v) is 9.08. The van der Waals surface area contributed by atoms with Crippen LogP contribution in [0.3, 0.4) is 0 Å². The predicted octanol–water partition coefficient (Wildman–Crippen LogP) is 3.07. The maximum absolute atomic E-state index is 11.1. The van der Waals surface area contributed by atoms with Crippen molar-refractivity contribution in [1.29, 1.82) is 0 Å². The van der Waals surface area contributed by atoms with E-state index in [1.807, 2.05) is 0 Å². The van der Waals surface area contributed by atoms with Crippen molar-refractivity contribution < 1.29 is 9.53 Å². The summed E-state index contributed by atoms with van der Waals surface area (Å²) in [7, 11) is 1.28. The smallest absolute Gasteiger partial charge is 0.339 e. The first-order chi connectivity index (χ1) is 6.06. The molecule has 0 amide bonds. The summed E-state index contributed by atoms with van der Waals surface area (Å²) < 4.78 is 4.51. The summed E-state index contributed by atoms with van der Waals surface area (Å²) in [6.07, 6.45) is 0. The van der Waals surface area contributed by atoms with E-state index in [0.29, 0.717) is 9.92 Å². The first kappa shape index (κ1) is 10.7. The van der Waals surface area contributed by atoms with Gasteiger partial charge in [0.15, 0.2) is 0 Å². The number of methoxy groups -OCH3 is 1. The van der Waals surface area contributed by atoms with Gasteiger partial charge in [-0.25, -0.2) is 4.79 Å². The number of thiol groups is 1. The molecule has 70 valence electrons. The molecule has 0 heterocycles. The lowest BCUT2D eigenvalue weighted by Gasteiger charge is -2.04. The van der Waals surface area contributed by atoms with Gasteiger partial charge >= 0.3 is 5.97 Å². The molecule has 2 nitrogen and oxygen atoms in total. The number of rotatable bonds is 1. The molecule has 5 heteroatoms. The van der Waals surface area contributed by atoms with E-state index in [0.717, 1.165) is 0 Å². The minimum absolute atomic E-state index is 0.224. The van der Waals surface area contributed by atoms with Crippen LogP contribution < -0.4 is 0 Å². The number of ether oxygens (including phenoxy) is 1. The molecule has 0 aromatic heterocycles. The van der Waals surface area contributed by atoms with Crippen LogP contribution in [-0.4, -0.2) is 13.1 Å². The van der Waals surface area contributed by atoms with E-state index in [2.05, 4.69) is 17.4 Å². The van der Waals surface area contributed by atoms with Gasteiger partial charge in [-0.2, -0.15) is 0 Å². The maximum Gasteiger partial charge on any atom is 0.339 e. The number of carbonyl (C=O) groups excluding carboxylic acids is 1. The quantitative estimate of drug-likeness (QED) is 0.600. The molecular weight excluding hydrogens is 231 g/mol. The summed E-state index contributed by atoms with van der Waals surface area (Å²) >= 11 is 15.6. The third kappa shape index (κ3) is 2.30. The molecule has 0 saturated heterocycles. The number of halogens is 2. The zero-order chi connectivity index (χ0) is 10.0. The van der Waals surface area contributed by atoms with Crippen LogP contribution in [0.2, 0.25) is 10.0 Å². The lowest BCUT2D eigenvalue weighted by atomic mass is 10.2. The second-order valence-electron chi connectivity index (χ2n) is 2.28. The Labute approximate surface area is 91.2 Å². The molecule has 0 aliphatic heterocycles. The average molecular weight is 237 g/mol. The van der Waals surface area contributed by atoms with Crippen LogP contribution in [0.4, 0.5) is 0 Å². The molecule has 0 atom stereocenters. The Hall–Kier alpha value is -0.380. The van der Waals surface area contributed by atoms with Crippen molar-refractivity contribution in [3.05, 3.63) is 27.7 Å². The lowest BCUT2D eigenvalue weighted by Crippen LogP contribution is -2.02. The van der Waals surface area contributed by atoms with Crippen molar-refractivity contribution in [2.45, 2.75) is 4.90 Å². The molecule has 0 radical (unpaired) electrons. The third-order valence-electron chi connectivity index (χ3n) is 1.42. The third-order valence-corrected chi connectivity index (χ3v) is 2.53. The van der Waals surface area contributed by atoms with Gasteiger partial charge in [0.1, 0.15) is 0 Å². The molecule has 1 aromatic rings. The van der Waals surface area contributed by atoms with E-state index in [-0.39, 0.29) is 10.6 Å². The van der Waals surface area contributed by atoms with Gasteiger partial charge in [0.2, 0.25) is 0 Å². The first-order valence-electron chi connectivity index (χ1n) is 3.32. The monoisotopic (exact) mass is 236 g/mol. The molecule has 0 unspecified atom stereocenters. The summed E-state index contributed by atoms with van der Waals surface area (Å²) in [6, 6.07) is 2.99. The van der Waals surface area contributed by atoms with Crippen LogP contribution in [0.5, 0.6) is 0 Å². The summed E-state index contributed by atoms with van der Waals surface area (Å²) in [6.45, 7) is 0. The molecule has 13 heavy (non-hydrogen) atoms. The van der Waals surface area contributed by atoms with Gasteiger partial charge in [0.05, 0.1) is 17.7 Å². The molecule has 1 rings (SSSR count). The Kier molecular flexibility index (Phi) is 3.47. The van der Waals surface area contributed by atoms with E-state index < -0.39 is 5.97 Å². The fraction of sp³-hybridized carbons (Fsp3) is 0.125. The zero-order valence-electron chi connectivity index (χ0n) is 6.67. The number of hydrogen-bond acceptors (Lipinski definition) is 3. The van der Waals surface area contributed by atoms with E-state index in [4.69, 9.17) is 23.2 Å². The Balaban J connectivity index is 3.28. The normalized spacial score (nSPS) is 9.85. The standard InChI is InChI=1S/C8H6Cl2O2S/c1-12-8(11)5-2-4(9)3-6(13)7(5)10/h2-3,13H,1H3. The summed E-state index contributed by atoms with van der Waals surface area (Å²) in [5.41, 5.74) is 0.224. The summed E-state index contributed by atoms with van der Waals surface area (Å²) in [5, 5.41) is 0.648. The van der Waals surface area contributed by atoms with Gasteiger partial charge in [0.25, 0.3) is 0 Å². The highest BCUT2D eigenvalue weighted by atomic mass is 35.5. The van der Waals surface area contributed by atoms with Gasteiger partial charge in [-0.15, -0.1) is 12.6 Å². The van der Waals surface area contributed by atoms with Gasteiger partial charge in [-0.05, 0) is 12.1 Å². The van der Waals surface area contributed by atoms with Crippen LogP contribution in [0.1, 0.15) is 10.4 Å². The van der Waals surface area contributed by atoms with E-state index in [1.54, 1.807) is 6.07 Å². The molecule has 0 saturated carbocycles. The van der Waals surface area contributed by atoms with E-state index in [9.17, 15) is 4.79 Å². The molecule has 0 spiro atoms. The Morgan fingerprint density at radius 2 is 2.08 bits per heavy atom. The highest BCUT2D eigenvalue weighted by Gasteiger charge is 2.13. The molecule has 0 N–H and O–H groups in total. The Morgan fingerprint density at radius 1 is 1.46 bits per heavy atom. The van der Waals surface area contributed by atoms with Gasteiger partial charge in [0, 0.05) is 9.92 Å². The molecular formula is C8H6Cl2O2S. The van der Waals surface area contributed by atoms with Crippen molar-refractivity contribution in [3.63, 3.8) is 0 Å². The van der Waals surface area contributed by atoms with Crippen molar-refractivity contribution >= 4 is 41.8 Å². The molecule has 0 aliphatic rings. The Bertz CT molecular complexity index is 352. The number of esters is 1. The molecule has 0 fully saturated rings. The van der Waals surface area contributed by atoms with Crippen LogP contribution >= 0.6 is 35.8 Å². The summed E-state index contributed by atoms with van der Waals surface area (Å²) in [4.78, 5) is 11.6.